The van der Waals surface area contributed by atoms with Gasteiger partial charge in [-0.05, 0) is 36.0 Å². The van der Waals surface area contributed by atoms with Gasteiger partial charge in [0.05, 0.1) is 24.8 Å². The lowest BCUT2D eigenvalue weighted by Gasteiger charge is -2.28. The Morgan fingerprint density at radius 2 is 2.19 bits per heavy atom. The second-order valence-electron chi connectivity index (χ2n) is 6.86. The van der Waals surface area contributed by atoms with Crippen molar-refractivity contribution >= 4 is 41.6 Å². The highest BCUT2D eigenvalue weighted by atomic mass is 35.5. The highest BCUT2D eigenvalue weighted by molar-refractivity contribution is 6.61. The Morgan fingerprint density at radius 3 is 3.04 bits per heavy atom. The first-order chi connectivity index (χ1) is 13.1. The number of benzene rings is 1. The van der Waals surface area contributed by atoms with E-state index >= 15 is 0 Å². The first kappa shape index (κ1) is 18.0. The molecule has 1 saturated carbocycles. The van der Waals surface area contributed by atoms with E-state index in [1.54, 1.807) is 6.20 Å². The summed E-state index contributed by atoms with van der Waals surface area (Å²) in [5, 5.41) is 26.0. The van der Waals surface area contributed by atoms with Gasteiger partial charge in [-0.15, -0.1) is 0 Å². The summed E-state index contributed by atoms with van der Waals surface area (Å²) in [5.74, 6) is 0.899. The summed E-state index contributed by atoms with van der Waals surface area (Å²) < 4.78 is 5.21. The largest absolute Gasteiger partial charge is 0.491 e. The number of fused-ring (bicyclic) bond motifs is 1. The molecule has 1 aromatic carbocycles. The minimum Gasteiger partial charge on any atom is -0.423 e. The zero-order valence-corrected chi connectivity index (χ0v) is 15.4. The molecule has 1 aromatic heterocycles. The monoisotopic (exact) mass is 383 g/mol. The Labute approximate surface area is 162 Å². The molecular formula is C18H19BClN5O2. The lowest BCUT2D eigenvalue weighted by Crippen LogP contribution is -2.31. The number of nitrogens with zero attached hydrogens (tertiary/aromatic N) is 3. The van der Waals surface area contributed by atoms with Crippen molar-refractivity contribution in [2.75, 3.05) is 10.6 Å². The van der Waals surface area contributed by atoms with Gasteiger partial charge in [-0.2, -0.15) is 10.2 Å². The van der Waals surface area contributed by atoms with Crippen molar-refractivity contribution < 1.29 is 9.68 Å². The van der Waals surface area contributed by atoms with E-state index in [-0.39, 0.29) is 12.0 Å². The number of halogens is 1. The van der Waals surface area contributed by atoms with Crippen LogP contribution in [-0.2, 0) is 11.3 Å². The molecule has 1 aliphatic heterocycles. The number of anilines is 3. The van der Waals surface area contributed by atoms with Crippen molar-refractivity contribution in [2.45, 2.75) is 38.3 Å². The Hall–Kier alpha value is -2.34. The van der Waals surface area contributed by atoms with Crippen LogP contribution in [0.1, 0.15) is 31.2 Å². The molecule has 2 atom stereocenters. The van der Waals surface area contributed by atoms with Gasteiger partial charge < -0.3 is 20.3 Å². The number of nitriles is 1. The molecule has 0 bridgehead atoms. The van der Waals surface area contributed by atoms with Crippen LogP contribution in [0.3, 0.4) is 0 Å². The molecule has 7 nitrogen and oxygen atoms in total. The number of aromatic nitrogens is 2. The fraction of sp³-hybridized carbons (Fsp3) is 0.389. The third kappa shape index (κ3) is 3.86. The lowest BCUT2D eigenvalue weighted by atomic mass is 9.79. The standard InChI is InChI=1S/C18H19BClN5O2/c20-15-9-22-18(23-13-5-6-14-12(7-13)10-27-19(14)26)25-17(15)24-16-4-2-1-3-11(16)8-21/h5-7,9,11,16,26H,1-4,10H2,(H2,22,23,24,25)/t11?,16-/m0/s1. The van der Waals surface area contributed by atoms with E-state index in [4.69, 9.17) is 16.3 Å². The summed E-state index contributed by atoms with van der Waals surface area (Å²) in [7, 11) is -0.861. The number of rotatable bonds is 4. The van der Waals surface area contributed by atoms with Gasteiger partial charge in [0.1, 0.15) is 5.02 Å². The maximum atomic E-state index is 9.71. The van der Waals surface area contributed by atoms with Gasteiger partial charge in [0.2, 0.25) is 5.95 Å². The molecule has 9 heteroatoms. The third-order valence-electron chi connectivity index (χ3n) is 5.06. The lowest BCUT2D eigenvalue weighted by molar-refractivity contribution is 0.275. The molecule has 3 N–H and O–H groups in total. The molecule has 2 heterocycles. The number of hydrogen-bond donors (Lipinski definition) is 3. The Balaban J connectivity index is 1.51. The molecule has 0 spiro atoms. The predicted molar refractivity (Wildman–Crippen MR) is 104 cm³/mol. The van der Waals surface area contributed by atoms with E-state index in [0.29, 0.717) is 23.4 Å². The van der Waals surface area contributed by atoms with Crippen molar-refractivity contribution in [2.24, 2.45) is 5.92 Å². The van der Waals surface area contributed by atoms with Crippen LogP contribution in [0.15, 0.2) is 24.4 Å². The van der Waals surface area contributed by atoms with Gasteiger partial charge >= 0.3 is 7.12 Å². The van der Waals surface area contributed by atoms with E-state index in [1.807, 2.05) is 18.2 Å². The average Bonchev–Trinajstić information content (AvgIpc) is 3.05. The highest BCUT2D eigenvalue weighted by Crippen LogP contribution is 2.29. The van der Waals surface area contributed by atoms with E-state index in [0.717, 1.165) is 42.4 Å². The number of nitrogens with one attached hydrogen (secondary N) is 2. The Bertz CT molecular complexity index is 891. The van der Waals surface area contributed by atoms with E-state index in [1.165, 1.54) is 0 Å². The second kappa shape index (κ2) is 7.73. The summed E-state index contributed by atoms with van der Waals surface area (Å²) in [5.41, 5.74) is 2.51. The quantitative estimate of drug-likeness (QED) is 0.697. The highest BCUT2D eigenvalue weighted by Gasteiger charge is 2.27. The van der Waals surface area contributed by atoms with Gasteiger partial charge in [-0.1, -0.05) is 30.5 Å². The summed E-state index contributed by atoms with van der Waals surface area (Å²) in [6, 6.07) is 7.99. The molecule has 138 valence electrons. The molecule has 2 aliphatic rings. The Kier molecular flexibility index (Phi) is 5.16. The smallest absolute Gasteiger partial charge is 0.423 e. The number of hydrogen-bond acceptors (Lipinski definition) is 7. The molecule has 1 aliphatic carbocycles. The SMILES string of the molecule is N#CC1CCCC[C@@H]1Nc1nc(Nc2ccc3c(c2)COB3O)ncc1Cl. The van der Waals surface area contributed by atoms with Crippen LogP contribution in [0.5, 0.6) is 0 Å². The first-order valence-corrected chi connectivity index (χ1v) is 9.40. The van der Waals surface area contributed by atoms with Crippen molar-refractivity contribution in [3.05, 3.63) is 35.0 Å². The van der Waals surface area contributed by atoms with Crippen LogP contribution < -0.4 is 16.1 Å². The predicted octanol–water partition coefficient (Wildman–Crippen LogP) is 2.59. The zero-order valence-electron chi connectivity index (χ0n) is 14.7. The van der Waals surface area contributed by atoms with Crippen LogP contribution in [0.4, 0.5) is 17.5 Å². The summed E-state index contributed by atoms with van der Waals surface area (Å²) in [4.78, 5) is 8.72. The van der Waals surface area contributed by atoms with Crippen molar-refractivity contribution in [1.29, 1.82) is 5.26 Å². The molecule has 4 rings (SSSR count). The van der Waals surface area contributed by atoms with Gasteiger partial charge in [-0.3, -0.25) is 0 Å². The van der Waals surface area contributed by atoms with Crippen molar-refractivity contribution in [3.63, 3.8) is 0 Å². The van der Waals surface area contributed by atoms with Crippen LogP contribution in [0.2, 0.25) is 5.02 Å². The summed E-state index contributed by atoms with van der Waals surface area (Å²) in [6.07, 6.45) is 5.54. The minimum atomic E-state index is -0.861. The fourth-order valence-corrected chi connectivity index (χ4v) is 3.74. The van der Waals surface area contributed by atoms with Crippen LogP contribution in [0.25, 0.3) is 0 Å². The molecule has 1 fully saturated rings. The van der Waals surface area contributed by atoms with Crippen molar-refractivity contribution in [3.8, 4) is 6.07 Å². The molecule has 1 unspecified atom stereocenters. The van der Waals surface area contributed by atoms with Gasteiger partial charge in [0.15, 0.2) is 5.82 Å². The molecule has 27 heavy (non-hydrogen) atoms. The topological polar surface area (TPSA) is 103 Å². The fourth-order valence-electron chi connectivity index (χ4n) is 3.60. The third-order valence-corrected chi connectivity index (χ3v) is 5.34. The molecule has 0 amide bonds. The van der Waals surface area contributed by atoms with Gasteiger partial charge in [0.25, 0.3) is 0 Å². The first-order valence-electron chi connectivity index (χ1n) is 9.02. The second-order valence-corrected chi connectivity index (χ2v) is 7.27. The maximum absolute atomic E-state index is 9.71. The van der Waals surface area contributed by atoms with Crippen LogP contribution in [0, 0.1) is 17.2 Å². The Morgan fingerprint density at radius 1 is 1.33 bits per heavy atom. The van der Waals surface area contributed by atoms with Crippen LogP contribution >= 0.6 is 11.6 Å². The normalized spacial score (nSPS) is 21.4. The average molecular weight is 384 g/mol. The van der Waals surface area contributed by atoms with E-state index in [9.17, 15) is 10.3 Å². The molecule has 0 saturated heterocycles. The van der Waals surface area contributed by atoms with Crippen molar-refractivity contribution in [1.82, 2.24) is 9.97 Å². The maximum Gasteiger partial charge on any atom is 0.491 e. The minimum absolute atomic E-state index is 0.0377. The zero-order chi connectivity index (χ0) is 18.8. The van der Waals surface area contributed by atoms with E-state index in [2.05, 4.69) is 26.7 Å². The van der Waals surface area contributed by atoms with E-state index < -0.39 is 7.12 Å². The van der Waals surface area contributed by atoms with Gasteiger partial charge in [0, 0.05) is 11.7 Å². The summed E-state index contributed by atoms with van der Waals surface area (Å²) in [6.45, 7) is 0.373. The summed E-state index contributed by atoms with van der Waals surface area (Å²) >= 11 is 6.26. The molecule has 0 radical (unpaired) electrons. The molecular weight excluding hydrogens is 364 g/mol. The van der Waals surface area contributed by atoms with Crippen LogP contribution in [-0.4, -0.2) is 28.2 Å². The molecule has 2 aromatic rings. The van der Waals surface area contributed by atoms with Gasteiger partial charge in [-0.25, -0.2) is 4.98 Å².